The van der Waals surface area contributed by atoms with Gasteiger partial charge in [-0.3, -0.25) is 0 Å². The summed E-state index contributed by atoms with van der Waals surface area (Å²) in [4.78, 5) is 0.598. The van der Waals surface area contributed by atoms with Crippen molar-refractivity contribution in [1.29, 1.82) is 0 Å². The summed E-state index contributed by atoms with van der Waals surface area (Å²) in [5.74, 6) is 0. The molecule has 2 heterocycles. The molecule has 0 aliphatic carbocycles. The first-order valence-corrected chi connectivity index (χ1v) is 5.21. The predicted molar refractivity (Wildman–Crippen MR) is 48.1 cm³/mol. The maximum absolute atomic E-state index is 5.81. The van der Waals surface area contributed by atoms with Gasteiger partial charge in [-0.1, -0.05) is 15.9 Å². The largest absolute Gasteiger partial charge is 0.374 e. The Kier molecular flexibility index (Phi) is 2.21. The lowest BCUT2D eigenvalue weighted by Gasteiger charge is -2.32. The molecular formula is C8H14BrNO. The lowest BCUT2D eigenvalue weighted by molar-refractivity contribution is -0.0189. The van der Waals surface area contributed by atoms with E-state index in [1.165, 1.54) is 19.3 Å². The second-order valence-electron chi connectivity index (χ2n) is 3.55. The fourth-order valence-corrected chi connectivity index (χ4v) is 2.74. The SMILES string of the molecule is Br[C@H]1COC2(CCNCC2)C1. The summed E-state index contributed by atoms with van der Waals surface area (Å²) in [6.07, 6.45) is 3.58. The number of hydrogen-bond donors (Lipinski definition) is 1. The smallest absolute Gasteiger partial charge is 0.0718 e. The topological polar surface area (TPSA) is 21.3 Å². The summed E-state index contributed by atoms with van der Waals surface area (Å²) in [7, 11) is 0. The maximum Gasteiger partial charge on any atom is 0.0718 e. The van der Waals surface area contributed by atoms with Crippen LogP contribution in [0, 0.1) is 0 Å². The molecule has 11 heavy (non-hydrogen) atoms. The molecule has 0 saturated carbocycles. The molecule has 0 radical (unpaired) electrons. The Labute approximate surface area is 75.8 Å². The summed E-state index contributed by atoms with van der Waals surface area (Å²) in [5, 5.41) is 3.36. The Morgan fingerprint density at radius 1 is 1.36 bits per heavy atom. The average Bonchev–Trinajstić information content (AvgIpc) is 2.34. The molecule has 64 valence electrons. The van der Waals surface area contributed by atoms with E-state index < -0.39 is 0 Å². The first kappa shape index (κ1) is 8.02. The molecule has 0 aromatic heterocycles. The van der Waals surface area contributed by atoms with Crippen LogP contribution in [0.4, 0.5) is 0 Å². The van der Waals surface area contributed by atoms with Crippen molar-refractivity contribution in [3.05, 3.63) is 0 Å². The van der Waals surface area contributed by atoms with Crippen LogP contribution in [0.15, 0.2) is 0 Å². The molecule has 2 nitrogen and oxygen atoms in total. The van der Waals surface area contributed by atoms with Crippen LogP contribution in [-0.2, 0) is 4.74 Å². The molecule has 2 aliphatic rings. The minimum atomic E-state index is 0.236. The normalized spacial score (nSPS) is 36.3. The van der Waals surface area contributed by atoms with Crippen LogP contribution in [0.1, 0.15) is 19.3 Å². The summed E-state index contributed by atoms with van der Waals surface area (Å²) in [6.45, 7) is 3.15. The van der Waals surface area contributed by atoms with E-state index in [0.29, 0.717) is 4.83 Å². The van der Waals surface area contributed by atoms with Gasteiger partial charge < -0.3 is 10.1 Å². The van der Waals surface area contributed by atoms with Gasteiger partial charge in [0.25, 0.3) is 0 Å². The summed E-state index contributed by atoms with van der Waals surface area (Å²) in [6, 6.07) is 0. The van der Waals surface area contributed by atoms with Crippen molar-refractivity contribution in [2.24, 2.45) is 0 Å². The van der Waals surface area contributed by atoms with E-state index in [1.54, 1.807) is 0 Å². The highest BCUT2D eigenvalue weighted by atomic mass is 79.9. The molecule has 2 aliphatic heterocycles. The quantitative estimate of drug-likeness (QED) is 0.621. The monoisotopic (exact) mass is 219 g/mol. The molecule has 1 N–H and O–H groups in total. The highest BCUT2D eigenvalue weighted by molar-refractivity contribution is 9.09. The first-order valence-electron chi connectivity index (χ1n) is 4.30. The van der Waals surface area contributed by atoms with Gasteiger partial charge in [0.15, 0.2) is 0 Å². The van der Waals surface area contributed by atoms with Gasteiger partial charge >= 0.3 is 0 Å². The average molecular weight is 220 g/mol. The predicted octanol–water partition coefficient (Wildman–Crippen LogP) is 1.29. The van der Waals surface area contributed by atoms with Crippen molar-refractivity contribution >= 4 is 15.9 Å². The molecule has 0 amide bonds. The van der Waals surface area contributed by atoms with Crippen LogP contribution in [0.3, 0.4) is 0 Å². The van der Waals surface area contributed by atoms with Crippen LogP contribution in [0.25, 0.3) is 0 Å². The van der Waals surface area contributed by atoms with E-state index in [0.717, 1.165) is 19.7 Å². The molecule has 1 spiro atoms. The van der Waals surface area contributed by atoms with Crippen molar-refractivity contribution in [2.75, 3.05) is 19.7 Å². The summed E-state index contributed by atoms with van der Waals surface area (Å²) in [5.41, 5.74) is 0.236. The molecule has 2 fully saturated rings. The van der Waals surface area contributed by atoms with Crippen LogP contribution >= 0.6 is 15.9 Å². The molecule has 0 aromatic carbocycles. The van der Waals surface area contributed by atoms with Gasteiger partial charge in [-0.05, 0) is 32.4 Å². The number of hydrogen-bond acceptors (Lipinski definition) is 2. The van der Waals surface area contributed by atoms with Gasteiger partial charge in [-0.2, -0.15) is 0 Å². The Balaban J connectivity index is 1.98. The Bertz CT molecular complexity index is 140. The van der Waals surface area contributed by atoms with Crippen LogP contribution < -0.4 is 5.32 Å². The summed E-state index contributed by atoms with van der Waals surface area (Å²) >= 11 is 3.60. The number of ether oxygens (including phenoxy) is 1. The summed E-state index contributed by atoms with van der Waals surface area (Å²) < 4.78 is 5.81. The Morgan fingerprint density at radius 3 is 2.64 bits per heavy atom. The lowest BCUT2D eigenvalue weighted by Crippen LogP contribution is -2.41. The van der Waals surface area contributed by atoms with Crippen molar-refractivity contribution < 1.29 is 4.74 Å². The second kappa shape index (κ2) is 3.04. The zero-order valence-corrected chi connectivity index (χ0v) is 8.19. The van der Waals surface area contributed by atoms with Gasteiger partial charge in [0.05, 0.1) is 12.2 Å². The van der Waals surface area contributed by atoms with E-state index in [9.17, 15) is 0 Å². The number of nitrogens with one attached hydrogen (secondary N) is 1. The van der Waals surface area contributed by atoms with E-state index in [1.807, 2.05) is 0 Å². The molecule has 0 aromatic rings. The molecule has 1 atom stereocenters. The Morgan fingerprint density at radius 2 is 2.09 bits per heavy atom. The van der Waals surface area contributed by atoms with E-state index in [-0.39, 0.29) is 5.60 Å². The molecular weight excluding hydrogens is 206 g/mol. The number of alkyl halides is 1. The maximum atomic E-state index is 5.81. The van der Waals surface area contributed by atoms with Crippen molar-refractivity contribution in [1.82, 2.24) is 5.32 Å². The van der Waals surface area contributed by atoms with Crippen molar-refractivity contribution in [3.63, 3.8) is 0 Å². The Hall–Kier alpha value is 0.400. The molecule has 3 heteroatoms. The molecule has 2 saturated heterocycles. The second-order valence-corrected chi connectivity index (χ2v) is 4.84. The van der Waals surface area contributed by atoms with Crippen molar-refractivity contribution in [3.8, 4) is 0 Å². The van der Waals surface area contributed by atoms with Gasteiger partial charge in [-0.25, -0.2) is 0 Å². The van der Waals surface area contributed by atoms with Gasteiger partial charge in [0.1, 0.15) is 0 Å². The number of piperidine rings is 1. The highest BCUT2D eigenvalue weighted by Gasteiger charge is 2.39. The highest BCUT2D eigenvalue weighted by Crippen LogP contribution is 2.36. The fraction of sp³-hybridized carbons (Fsp3) is 1.00. The third kappa shape index (κ3) is 1.60. The van der Waals surface area contributed by atoms with E-state index >= 15 is 0 Å². The van der Waals surface area contributed by atoms with Gasteiger partial charge in [0.2, 0.25) is 0 Å². The minimum Gasteiger partial charge on any atom is -0.374 e. The molecule has 0 bridgehead atoms. The number of rotatable bonds is 0. The van der Waals surface area contributed by atoms with E-state index in [2.05, 4.69) is 21.2 Å². The lowest BCUT2D eigenvalue weighted by atomic mass is 9.90. The third-order valence-corrected chi connectivity index (χ3v) is 3.27. The van der Waals surface area contributed by atoms with Gasteiger partial charge in [-0.15, -0.1) is 0 Å². The van der Waals surface area contributed by atoms with Crippen molar-refractivity contribution in [2.45, 2.75) is 29.7 Å². The van der Waals surface area contributed by atoms with Crippen LogP contribution in [0.2, 0.25) is 0 Å². The first-order chi connectivity index (χ1) is 5.31. The van der Waals surface area contributed by atoms with Crippen LogP contribution in [-0.4, -0.2) is 30.1 Å². The zero-order chi connectivity index (χ0) is 7.73. The van der Waals surface area contributed by atoms with Gasteiger partial charge in [0, 0.05) is 4.83 Å². The number of halogens is 1. The minimum absolute atomic E-state index is 0.236. The third-order valence-electron chi connectivity index (χ3n) is 2.68. The standard InChI is InChI=1S/C8H14BrNO/c9-7-5-8(11-6-7)1-3-10-4-2-8/h7,10H,1-6H2/t7-/m1/s1. The zero-order valence-electron chi connectivity index (χ0n) is 6.61. The fourth-order valence-electron chi connectivity index (χ4n) is 2.02. The van der Waals surface area contributed by atoms with E-state index in [4.69, 9.17) is 4.74 Å². The van der Waals surface area contributed by atoms with Crippen LogP contribution in [0.5, 0.6) is 0 Å². The molecule has 2 rings (SSSR count). The molecule has 0 unspecified atom stereocenters.